The minimum absolute atomic E-state index is 0.164. The lowest BCUT2D eigenvalue weighted by Crippen LogP contribution is -2.16. The van der Waals surface area contributed by atoms with Crippen molar-refractivity contribution in [2.45, 2.75) is 96.4 Å². The zero-order valence-corrected chi connectivity index (χ0v) is 14.1. The Balaban J connectivity index is 3.68. The largest absolute Gasteiger partial charge is 0.291 e. The highest BCUT2D eigenvalue weighted by molar-refractivity contribution is 5.50. The van der Waals surface area contributed by atoms with Crippen molar-refractivity contribution in [3.63, 3.8) is 0 Å². The first kappa shape index (κ1) is 20.8. The average Bonchev–Trinajstić information content (AvgIpc) is 2.50. The zero-order chi connectivity index (χ0) is 16.5. The summed E-state index contributed by atoms with van der Waals surface area (Å²) >= 11 is 0. The molecule has 1 atom stereocenters. The van der Waals surface area contributed by atoms with E-state index in [1.807, 2.05) is 12.4 Å². The topological polar surface area (TPSA) is 60.2 Å². The molecule has 0 N–H and O–H groups in total. The van der Waals surface area contributed by atoms with Gasteiger partial charge in [-0.1, -0.05) is 57.9 Å². The van der Waals surface area contributed by atoms with Crippen molar-refractivity contribution in [3.8, 4) is 0 Å². The van der Waals surface area contributed by atoms with Gasteiger partial charge in [-0.25, -0.2) is 0 Å². The average molecular weight is 310 g/mol. The number of hydrogen-bond donors (Lipinski definition) is 0. The Morgan fingerprint density at radius 3 is 2.32 bits per heavy atom. The lowest BCUT2D eigenvalue weighted by molar-refractivity contribution is -0.510. The highest BCUT2D eigenvalue weighted by Crippen LogP contribution is 2.12. The van der Waals surface area contributed by atoms with Gasteiger partial charge in [-0.05, 0) is 31.8 Å². The standard InChI is InChI=1S/C18H32NO3/c1-2-3-4-5-9-12-15-18(19(21)22)16-13-10-7-6-8-11-14-17-20/h13,16,18H,2-12,14-15H2,1H3/b16-13+. The van der Waals surface area contributed by atoms with Gasteiger partial charge in [0, 0.05) is 17.8 Å². The molecule has 1 radical (unpaired) electrons. The fourth-order valence-electron chi connectivity index (χ4n) is 2.47. The van der Waals surface area contributed by atoms with Gasteiger partial charge in [0.25, 0.3) is 0 Å². The van der Waals surface area contributed by atoms with Gasteiger partial charge in [0.05, 0.1) is 0 Å². The summed E-state index contributed by atoms with van der Waals surface area (Å²) in [6, 6.07) is -0.518. The predicted octanol–water partition coefficient (Wildman–Crippen LogP) is 5.39. The lowest BCUT2D eigenvalue weighted by Gasteiger charge is -2.05. The fourth-order valence-corrected chi connectivity index (χ4v) is 2.47. The van der Waals surface area contributed by atoms with Crippen LogP contribution in [-0.4, -0.2) is 17.3 Å². The second-order valence-electron chi connectivity index (χ2n) is 5.93. The molecule has 4 nitrogen and oxygen atoms in total. The summed E-state index contributed by atoms with van der Waals surface area (Å²) in [5.41, 5.74) is 0. The van der Waals surface area contributed by atoms with Gasteiger partial charge in [-0.2, -0.15) is 0 Å². The maximum absolute atomic E-state index is 11.0. The molecular formula is C18H32NO3. The van der Waals surface area contributed by atoms with Gasteiger partial charge in [-0.15, -0.1) is 0 Å². The Bertz CT molecular complexity index is 303. The van der Waals surface area contributed by atoms with Crippen LogP contribution >= 0.6 is 0 Å². The van der Waals surface area contributed by atoms with Gasteiger partial charge in [-0.3, -0.25) is 14.9 Å². The molecule has 4 heteroatoms. The van der Waals surface area contributed by atoms with E-state index in [0.717, 1.165) is 44.9 Å². The van der Waals surface area contributed by atoms with Gasteiger partial charge in [0.15, 0.2) is 6.29 Å². The summed E-state index contributed by atoms with van der Waals surface area (Å²) < 4.78 is 0. The summed E-state index contributed by atoms with van der Waals surface area (Å²) in [6.45, 7) is 2.19. The van der Waals surface area contributed by atoms with Crippen LogP contribution in [0.3, 0.4) is 0 Å². The van der Waals surface area contributed by atoms with Crippen LogP contribution in [0, 0.1) is 10.1 Å². The molecule has 0 rings (SSSR count). The van der Waals surface area contributed by atoms with Crippen molar-refractivity contribution in [2.75, 3.05) is 0 Å². The molecule has 0 heterocycles. The van der Waals surface area contributed by atoms with Crippen LogP contribution in [0.1, 0.15) is 90.4 Å². The summed E-state index contributed by atoms with van der Waals surface area (Å²) in [6.07, 6.45) is 18.7. The summed E-state index contributed by atoms with van der Waals surface area (Å²) in [7, 11) is 0. The molecule has 0 aromatic rings. The Labute approximate surface area is 135 Å². The first-order chi connectivity index (χ1) is 10.7. The Morgan fingerprint density at radius 2 is 1.64 bits per heavy atom. The van der Waals surface area contributed by atoms with Crippen LogP contribution in [0.2, 0.25) is 0 Å². The fraction of sp³-hybridized carbons (Fsp3) is 0.833. The van der Waals surface area contributed by atoms with Crippen LogP contribution in [0.4, 0.5) is 0 Å². The molecule has 0 aliphatic carbocycles. The van der Waals surface area contributed by atoms with Gasteiger partial charge in [0.1, 0.15) is 0 Å². The van der Waals surface area contributed by atoms with Crippen molar-refractivity contribution in [1.82, 2.24) is 0 Å². The minimum Gasteiger partial charge on any atom is -0.291 e. The minimum atomic E-state index is -0.518. The maximum atomic E-state index is 11.0. The molecule has 1 unspecified atom stereocenters. The van der Waals surface area contributed by atoms with E-state index in [-0.39, 0.29) is 4.92 Å². The molecule has 0 aliphatic heterocycles. The predicted molar refractivity (Wildman–Crippen MR) is 91.3 cm³/mol. The zero-order valence-electron chi connectivity index (χ0n) is 14.1. The second kappa shape index (κ2) is 16.2. The molecule has 0 spiro atoms. The molecule has 0 amide bonds. The number of rotatable bonds is 16. The Morgan fingerprint density at radius 1 is 1.00 bits per heavy atom. The van der Waals surface area contributed by atoms with Crippen LogP contribution in [0.5, 0.6) is 0 Å². The van der Waals surface area contributed by atoms with Crippen LogP contribution < -0.4 is 0 Å². The smallest absolute Gasteiger partial charge is 0.231 e. The van der Waals surface area contributed by atoms with Crippen molar-refractivity contribution >= 4 is 6.29 Å². The first-order valence-electron chi connectivity index (χ1n) is 8.87. The van der Waals surface area contributed by atoms with Crippen LogP contribution in [-0.2, 0) is 4.79 Å². The number of nitrogens with zero attached hydrogens (tertiary/aromatic N) is 1. The molecule has 0 fully saturated rings. The molecule has 0 saturated heterocycles. The van der Waals surface area contributed by atoms with E-state index in [2.05, 4.69) is 6.92 Å². The molecule has 127 valence electrons. The molecule has 0 aliphatic rings. The highest BCUT2D eigenvalue weighted by atomic mass is 16.6. The van der Waals surface area contributed by atoms with Crippen LogP contribution in [0.15, 0.2) is 12.2 Å². The van der Waals surface area contributed by atoms with Gasteiger partial charge in [0.2, 0.25) is 6.04 Å². The number of unbranched alkanes of at least 4 members (excludes halogenated alkanes) is 10. The van der Waals surface area contributed by atoms with E-state index in [1.165, 1.54) is 25.7 Å². The summed E-state index contributed by atoms with van der Waals surface area (Å²) in [5, 5.41) is 11.0. The SMILES string of the molecule is CCCCCCCCC(/C=C/CCCCCC[C]=O)[N+](=O)[O-]. The van der Waals surface area contributed by atoms with E-state index in [1.54, 1.807) is 6.08 Å². The molecule has 0 aromatic carbocycles. The normalized spacial score (nSPS) is 12.6. The van der Waals surface area contributed by atoms with E-state index in [4.69, 9.17) is 0 Å². The van der Waals surface area contributed by atoms with Gasteiger partial charge >= 0.3 is 0 Å². The van der Waals surface area contributed by atoms with Crippen molar-refractivity contribution < 1.29 is 9.72 Å². The highest BCUT2D eigenvalue weighted by Gasteiger charge is 2.14. The van der Waals surface area contributed by atoms with Crippen molar-refractivity contribution in [3.05, 3.63) is 22.3 Å². The summed E-state index contributed by atoms with van der Waals surface area (Å²) in [5.74, 6) is 0. The monoisotopic (exact) mass is 310 g/mol. The molecule has 0 saturated carbocycles. The Kier molecular flexibility index (Phi) is 15.3. The number of allylic oxidation sites excluding steroid dienone is 1. The maximum Gasteiger partial charge on any atom is 0.231 e. The van der Waals surface area contributed by atoms with E-state index >= 15 is 0 Å². The van der Waals surface area contributed by atoms with Crippen molar-refractivity contribution in [1.29, 1.82) is 0 Å². The summed E-state index contributed by atoms with van der Waals surface area (Å²) in [4.78, 5) is 20.9. The Hall–Kier alpha value is -1.19. The van der Waals surface area contributed by atoms with Crippen molar-refractivity contribution in [2.24, 2.45) is 0 Å². The lowest BCUT2D eigenvalue weighted by atomic mass is 10.0. The van der Waals surface area contributed by atoms with Gasteiger partial charge < -0.3 is 0 Å². The second-order valence-corrected chi connectivity index (χ2v) is 5.93. The number of nitro groups is 1. The third-order valence-electron chi connectivity index (χ3n) is 3.88. The molecular weight excluding hydrogens is 278 g/mol. The first-order valence-corrected chi connectivity index (χ1v) is 8.87. The third kappa shape index (κ3) is 13.8. The molecule has 0 bridgehead atoms. The quantitative estimate of drug-likeness (QED) is 0.166. The van der Waals surface area contributed by atoms with Crippen LogP contribution in [0.25, 0.3) is 0 Å². The number of carbonyl (C=O) groups excluding carboxylic acids is 1. The van der Waals surface area contributed by atoms with E-state index in [9.17, 15) is 14.9 Å². The molecule has 22 heavy (non-hydrogen) atoms. The molecule has 0 aromatic heterocycles. The van der Waals surface area contributed by atoms with E-state index < -0.39 is 6.04 Å². The number of hydrogen-bond acceptors (Lipinski definition) is 3. The third-order valence-corrected chi connectivity index (χ3v) is 3.88. The van der Waals surface area contributed by atoms with E-state index in [0.29, 0.717) is 12.8 Å².